The van der Waals surface area contributed by atoms with Gasteiger partial charge in [0.2, 0.25) is 0 Å². The smallest absolute Gasteiger partial charge is 0.0384 e. The van der Waals surface area contributed by atoms with E-state index < -0.39 is 0 Å². The van der Waals surface area contributed by atoms with Gasteiger partial charge in [0.1, 0.15) is 0 Å². The Kier molecular flexibility index (Phi) is 4.32. The number of benzene rings is 1. The second-order valence-electron chi connectivity index (χ2n) is 6.75. The molecule has 2 heterocycles. The summed E-state index contributed by atoms with van der Waals surface area (Å²) in [6.07, 6.45) is 9.52. The average molecular weight is 320 g/mol. The lowest BCUT2D eigenvalue weighted by molar-refractivity contribution is 0.350. The SMILES string of the molecule is Nc1cccc(C2=Cc3ccncc3C(NC3CCNCC3)C2)c1. The Hall–Kier alpha value is -2.17. The lowest BCUT2D eigenvalue weighted by Gasteiger charge is -2.32. The van der Waals surface area contributed by atoms with Crippen LogP contribution in [0.3, 0.4) is 0 Å². The Labute approximate surface area is 143 Å². The first-order chi connectivity index (χ1) is 11.8. The fourth-order valence-corrected chi connectivity index (χ4v) is 3.78. The van der Waals surface area contributed by atoms with Crippen LogP contribution < -0.4 is 16.4 Å². The lowest BCUT2D eigenvalue weighted by Crippen LogP contribution is -2.42. The summed E-state index contributed by atoms with van der Waals surface area (Å²) in [5.74, 6) is 0. The zero-order valence-electron chi connectivity index (χ0n) is 13.8. The number of nitrogen functional groups attached to an aromatic ring is 1. The van der Waals surface area contributed by atoms with Gasteiger partial charge in [-0.05, 0) is 72.8 Å². The first kappa shape index (κ1) is 15.4. The molecule has 4 rings (SSSR count). The van der Waals surface area contributed by atoms with E-state index in [9.17, 15) is 0 Å². The maximum absolute atomic E-state index is 5.98. The molecular formula is C20H24N4. The molecule has 1 saturated heterocycles. The quantitative estimate of drug-likeness (QED) is 0.761. The van der Waals surface area contributed by atoms with E-state index in [-0.39, 0.29) is 0 Å². The molecule has 2 aliphatic rings. The number of nitrogens with one attached hydrogen (secondary N) is 2. The van der Waals surface area contributed by atoms with Gasteiger partial charge in [0, 0.05) is 30.2 Å². The Bertz CT molecular complexity index is 747. The normalized spacial score (nSPS) is 21.2. The molecule has 0 radical (unpaired) electrons. The molecule has 1 aromatic carbocycles. The molecule has 1 fully saturated rings. The average Bonchev–Trinajstić information content (AvgIpc) is 2.62. The highest BCUT2D eigenvalue weighted by molar-refractivity contribution is 5.85. The molecule has 4 nitrogen and oxygen atoms in total. The summed E-state index contributed by atoms with van der Waals surface area (Å²) in [5, 5.41) is 7.31. The molecule has 0 saturated carbocycles. The third kappa shape index (κ3) is 3.21. The Morgan fingerprint density at radius 3 is 2.88 bits per heavy atom. The monoisotopic (exact) mass is 320 g/mol. The topological polar surface area (TPSA) is 63.0 Å². The summed E-state index contributed by atoms with van der Waals surface area (Å²) in [6.45, 7) is 2.20. The highest BCUT2D eigenvalue weighted by atomic mass is 15.0. The highest BCUT2D eigenvalue weighted by Crippen LogP contribution is 2.37. The number of pyridine rings is 1. The van der Waals surface area contributed by atoms with Crippen molar-refractivity contribution in [3.63, 3.8) is 0 Å². The predicted molar refractivity (Wildman–Crippen MR) is 99.3 cm³/mol. The second-order valence-corrected chi connectivity index (χ2v) is 6.75. The van der Waals surface area contributed by atoms with Crippen LogP contribution in [-0.2, 0) is 0 Å². The summed E-state index contributed by atoms with van der Waals surface area (Å²) >= 11 is 0. The minimum atomic E-state index is 0.318. The van der Waals surface area contributed by atoms with Crippen molar-refractivity contribution >= 4 is 17.3 Å². The summed E-state index contributed by atoms with van der Waals surface area (Å²) < 4.78 is 0. The molecule has 1 aliphatic carbocycles. The third-order valence-electron chi connectivity index (χ3n) is 5.05. The van der Waals surface area contributed by atoms with Gasteiger partial charge in [0.05, 0.1) is 0 Å². The molecular weight excluding hydrogens is 296 g/mol. The number of nitrogens with zero attached hydrogens (tertiary/aromatic N) is 1. The van der Waals surface area contributed by atoms with Crippen LogP contribution in [-0.4, -0.2) is 24.1 Å². The molecule has 0 bridgehead atoms. The number of anilines is 1. The standard InChI is InChI=1S/C20H24N4/c21-17-3-1-2-14(11-17)16-10-15-4-7-23-13-19(15)20(12-16)24-18-5-8-22-9-6-18/h1-4,7,10-11,13,18,20,22,24H,5-6,8-9,12,21H2. The van der Waals surface area contributed by atoms with Crippen LogP contribution in [0, 0.1) is 0 Å². The van der Waals surface area contributed by atoms with Crippen LogP contribution in [0.25, 0.3) is 11.6 Å². The number of aromatic nitrogens is 1. The highest BCUT2D eigenvalue weighted by Gasteiger charge is 2.25. The van der Waals surface area contributed by atoms with E-state index in [1.54, 1.807) is 0 Å². The zero-order chi connectivity index (χ0) is 16.4. The minimum absolute atomic E-state index is 0.318. The van der Waals surface area contributed by atoms with Gasteiger partial charge in [-0.15, -0.1) is 0 Å². The van der Waals surface area contributed by atoms with Crippen LogP contribution in [0.15, 0.2) is 42.7 Å². The Morgan fingerprint density at radius 2 is 2.04 bits per heavy atom. The number of rotatable bonds is 3. The van der Waals surface area contributed by atoms with Crippen LogP contribution in [0.4, 0.5) is 5.69 Å². The van der Waals surface area contributed by atoms with Crippen LogP contribution in [0.5, 0.6) is 0 Å². The second kappa shape index (κ2) is 6.75. The van der Waals surface area contributed by atoms with Gasteiger partial charge >= 0.3 is 0 Å². The largest absolute Gasteiger partial charge is 0.399 e. The van der Waals surface area contributed by atoms with Crippen LogP contribution in [0.2, 0.25) is 0 Å². The van der Waals surface area contributed by atoms with E-state index in [0.29, 0.717) is 12.1 Å². The Balaban J connectivity index is 1.64. The molecule has 1 aromatic heterocycles. The number of fused-ring (bicyclic) bond motifs is 1. The summed E-state index contributed by atoms with van der Waals surface area (Å²) in [4.78, 5) is 4.35. The van der Waals surface area contributed by atoms with Crippen molar-refractivity contribution in [1.82, 2.24) is 15.6 Å². The van der Waals surface area contributed by atoms with E-state index >= 15 is 0 Å². The van der Waals surface area contributed by atoms with Gasteiger partial charge in [-0.2, -0.15) is 0 Å². The number of piperidine rings is 1. The van der Waals surface area contributed by atoms with Gasteiger partial charge in [-0.3, -0.25) is 4.98 Å². The van der Waals surface area contributed by atoms with Crippen molar-refractivity contribution in [3.05, 3.63) is 59.4 Å². The van der Waals surface area contributed by atoms with Crippen molar-refractivity contribution < 1.29 is 0 Å². The molecule has 0 amide bonds. The first-order valence-electron chi connectivity index (χ1n) is 8.77. The fraction of sp³-hybridized carbons (Fsp3) is 0.350. The van der Waals surface area contributed by atoms with Crippen molar-refractivity contribution in [2.24, 2.45) is 0 Å². The third-order valence-corrected chi connectivity index (χ3v) is 5.05. The van der Waals surface area contributed by atoms with E-state index in [0.717, 1.165) is 25.2 Å². The maximum Gasteiger partial charge on any atom is 0.0384 e. The van der Waals surface area contributed by atoms with Gasteiger partial charge < -0.3 is 16.4 Å². The van der Waals surface area contributed by atoms with Gasteiger partial charge in [-0.25, -0.2) is 0 Å². The molecule has 1 aliphatic heterocycles. The van der Waals surface area contributed by atoms with Gasteiger partial charge in [0.15, 0.2) is 0 Å². The molecule has 4 N–H and O–H groups in total. The number of hydrogen-bond acceptors (Lipinski definition) is 4. The van der Waals surface area contributed by atoms with E-state index in [1.807, 2.05) is 24.5 Å². The molecule has 0 spiro atoms. The fourth-order valence-electron chi connectivity index (χ4n) is 3.78. The maximum atomic E-state index is 5.98. The first-order valence-corrected chi connectivity index (χ1v) is 8.77. The number of nitrogens with two attached hydrogens (primary N) is 1. The summed E-state index contributed by atoms with van der Waals surface area (Å²) in [6, 6.07) is 11.2. The lowest BCUT2D eigenvalue weighted by atomic mass is 9.85. The van der Waals surface area contributed by atoms with Crippen molar-refractivity contribution in [1.29, 1.82) is 0 Å². The molecule has 1 atom stereocenters. The zero-order valence-corrected chi connectivity index (χ0v) is 13.8. The minimum Gasteiger partial charge on any atom is -0.399 e. The summed E-state index contributed by atoms with van der Waals surface area (Å²) in [7, 11) is 0. The van der Waals surface area contributed by atoms with Crippen molar-refractivity contribution in [2.45, 2.75) is 31.3 Å². The molecule has 2 aromatic rings. The van der Waals surface area contributed by atoms with E-state index in [2.05, 4.69) is 39.9 Å². The van der Waals surface area contributed by atoms with Crippen molar-refractivity contribution in [2.75, 3.05) is 18.8 Å². The van der Waals surface area contributed by atoms with Gasteiger partial charge in [-0.1, -0.05) is 18.2 Å². The van der Waals surface area contributed by atoms with E-state index in [1.165, 1.54) is 35.1 Å². The van der Waals surface area contributed by atoms with Crippen LogP contribution >= 0.6 is 0 Å². The van der Waals surface area contributed by atoms with Crippen molar-refractivity contribution in [3.8, 4) is 0 Å². The summed E-state index contributed by atoms with van der Waals surface area (Å²) in [5.41, 5.74) is 11.9. The van der Waals surface area contributed by atoms with E-state index in [4.69, 9.17) is 5.73 Å². The van der Waals surface area contributed by atoms with Crippen LogP contribution in [0.1, 0.15) is 42.0 Å². The molecule has 1 unspecified atom stereocenters. The van der Waals surface area contributed by atoms with Gasteiger partial charge in [0.25, 0.3) is 0 Å². The molecule has 124 valence electrons. The Morgan fingerprint density at radius 1 is 1.17 bits per heavy atom. The molecule has 24 heavy (non-hydrogen) atoms. The predicted octanol–water partition coefficient (Wildman–Crippen LogP) is 2.99. The molecule has 4 heteroatoms. The number of hydrogen-bond donors (Lipinski definition) is 3.